The summed E-state index contributed by atoms with van der Waals surface area (Å²) in [5, 5.41) is 8.45. The number of aromatic nitrogens is 1. The molecule has 1 N–H and O–H groups in total. The molecule has 5 nitrogen and oxygen atoms in total. The molecule has 0 amide bonds. The van der Waals surface area contributed by atoms with Crippen LogP contribution in [-0.2, 0) is 15.7 Å². The third-order valence-corrected chi connectivity index (χ3v) is 3.32. The van der Waals surface area contributed by atoms with Crippen molar-refractivity contribution in [2.75, 3.05) is 24.6 Å². The van der Waals surface area contributed by atoms with Crippen LogP contribution in [0.3, 0.4) is 0 Å². The molecule has 2 rings (SSSR count). The standard InChI is InChI=1S/C12H12ClF3N2O3/c1-11(21-4-9(19)20)5-18(6-11)10-8(13)2-7(3-17-10)12(14,15)16/h2-3H,4-6H2,1H3,(H,19,20). The fraction of sp³-hybridized carbons (Fsp3) is 0.500. The lowest BCUT2D eigenvalue weighted by atomic mass is 9.96. The zero-order valence-electron chi connectivity index (χ0n) is 10.9. The Hall–Kier alpha value is -1.54. The normalized spacial score (nSPS) is 17.5. The van der Waals surface area contributed by atoms with Gasteiger partial charge in [0.2, 0.25) is 0 Å². The molecule has 0 aliphatic carbocycles. The summed E-state index contributed by atoms with van der Waals surface area (Å²) >= 11 is 5.82. The fourth-order valence-electron chi connectivity index (χ4n) is 2.06. The van der Waals surface area contributed by atoms with E-state index >= 15 is 0 Å². The van der Waals surface area contributed by atoms with Crippen LogP contribution >= 0.6 is 11.6 Å². The second-order valence-electron chi connectivity index (χ2n) is 5.02. The van der Waals surface area contributed by atoms with E-state index in [-0.39, 0.29) is 10.8 Å². The highest BCUT2D eigenvalue weighted by Gasteiger charge is 2.42. The Balaban J connectivity index is 2.04. The number of nitrogens with zero attached hydrogens (tertiary/aromatic N) is 2. The van der Waals surface area contributed by atoms with Crippen LogP contribution in [0.15, 0.2) is 12.3 Å². The molecule has 1 aliphatic heterocycles. The maximum Gasteiger partial charge on any atom is 0.417 e. The van der Waals surface area contributed by atoms with Crippen molar-refractivity contribution in [2.24, 2.45) is 0 Å². The van der Waals surface area contributed by atoms with Crippen LogP contribution in [0.4, 0.5) is 19.0 Å². The van der Waals surface area contributed by atoms with Gasteiger partial charge in [0, 0.05) is 6.20 Å². The van der Waals surface area contributed by atoms with E-state index in [2.05, 4.69) is 4.98 Å². The second kappa shape index (κ2) is 5.34. The van der Waals surface area contributed by atoms with Crippen molar-refractivity contribution in [1.29, 1.82) is 0 Å². The molecule has 9 heteroatoms. The van der Waals surface area contributed by atoms with Gasteiger partial charge in [-0.1, -0.05) is 11.6 Å². The van der Waals surface area contributed by atoms with Crippen molar-refractivity contribution in [3.8, 4) is 0 Å². The molecule has 116 valence electrons. The van der Waals surface area contributed by atoms with Gasteiger partial charge in [0.05, 0.1) is 23.7 Å². The first-order valence-corrected chi connectivity index (χ1v) is 6.32. The number of anilines is 1. The van der Waals surface area contributed by atoms with Gasteiger partial charge < -0.3 is 14.7 Å². The van der Waals surface area contributed by atoms with Gasteiger partial charge in [-0.05, 0) is 13.0 Å². The maximum atomic E-state index is 12.5. The zero-order valence-corrected chi connectivity index (χ0v) is 11.7. The Morgan fingerprint density at radius 2 is 2.19 bits per heavy atom. The van der Waals surface area contributed by atoms with Gasteiger partial charge in [0.25, 0.3) is 0 Å². The predicted octanol–water partition coefficient (Wildman–Crippen LogP) is 2.43. The van der Waals surface area contributed by atoms with Crippen molar-refractivity contribution in [2.45, 2.75) is 18.7 Å². The lowest BCUT2D eigenvalue weighted by Crippen LogP contribution is -2.62. The number of carboxylic acid groups (broad SMARTS) is 1. The van der Waals surface area contributed by atoms with E-state index in [9.17, 15) is 18.0 Å². The molecular formula is C12H12ClF3N2O3. The molecule has 21 heavy (non-hydrogen) atoms. The summed E-state index contributed by atoms with van der Waals surface area (Å²) in [5.74, 6) is -0.860. The lowest BCUT2D eigenvalue weighted by molar-refractivity contribution is -0.150. The van der Waals surface area contributed by atoms with Gasteiger partial charge in [-0.15, -0.1) is 0 Å². The predicted molar refractivity (Wildman–Crippen MR) is 68.5 cm³/mol. The van der Waals surface area contributed by atoms with Crippen LogP contribution < -0.4 is 4.90 Å². The van der Waals surface area contributed by atoms with Crippen molar-refractivity contribution in [1.82, 2.24) is 4.98 Å². The molecule has 0 spiro atoms. The smallest absolute Gasteiger partial charge is 0.417 e. The van der Waals surface area contributed by atoms with Gasteiger partial charge in [0.1, 0.15) is 18.0 Å². The van der Waals surface area contributed by atoms with Crippen LogP contribution in [0.2, 0.25) is 5.02 Å². The molecule has 0 saturated carbocycles. The molecule has 1 aliphatic rings. The van der Waals surface area contributed by atoms with Crippen molar-refractivity contribution < 1.29 is 27.8 Å². The largest absolute Gasteiger partial charge is 0.480 e. The molecule has 1 fully saturated rings. The van der Waals surface area contributed by atoms with Gasteiger partial charge in [-0.3, -0.25) is 0 Å². The van der Waals surface area contributed by atoms with Crippen molar-refractivity contribution in [3.63, 3.8) is 0 Å². The minimum absolute atomic E-state index is 0.106. The molecule has 0 bridgehead atoms. The van der Waals surface area contributed by atoms with Gasteiger partial charge in [0.15, 0.2) is 0 Å². The fourth-order valence-corrected chi connectivity index (χ4v) is 2.34. The molecule has 0 radical (unpaired) electrons. The summed E-state index contributed by atoms with van der Waals surface area (Å²) in [6, 6.07) is 0.817. The summed E-state index contributed by atoms with van der Waals surface area (Å²) in [6.07, 6.45) is -3.78. The van der Waals surface area contributed by atoms with Crippen molar-refractivity contribution >= 4 is 23.4 Å². The SMILES string of the molecule is CC1(OCC(=O)O)CN(c2ncc(C(F)(F)F)cc2Cl)C1. The molecule has 0 aromatic carbocycles. The van der Waals surface area contributed by atoms with Crippen LogP contribution in [0.25, 0.3) is 0 Å². The molecule has 1 saturated heterocycles. The number of halogens is 4. The minimum Gasteiger partial charge on any atom is -0.480 e. The lowest BCUT2D eigenvalue weighted by Gasteiger charge is -2.48. The van der Waals surface area contributed by atoms with Gasteiger partial charge >= 0.3 is 12.1 Å². The molecule has 1 aromatic rings. The Morgan fingerprint density at radius 3 is 2.67 bits per heavy atom. The van der Waals surface area contributed by atoms with Crippen LogP contribution in [0, 0.1) is 0 Å². The highest BCUT2D eigenvalue weighted by atomic mass is 35.5. The number of carbonyl (C=O) groups is 1. The number of carboxylic acids is 1. The molecule has 2 heterocycles. The quantitative estimate of drug-likeness (QED) is 0.921. The first-order chi connectivity index (χ1) is 9.61. The summed E-state index contributed by atoms with van der Waals surface area (Å²) in [4.78, 5) is 15.8. The molecule has 0 atom stereocenters. The topological polar surface area (TPSA) is 62.7 Å². The molecular weight excluding hydrogens is 313 g/mol. The average molecular weight is 325 g/mol. The number of pyridine rings is 1. The van der Waals surface area contributed by atoms with Crippen LogP contribution in [-0.4, -0.2) is 41.4 Å². The number of aliphatic carboxylic acids is 1. The third kappa shape index (κ3) is 3.56. The Kier molecular flexibility index (Phi) is 4.03. The van der Waals surface area contributed by atoms with E-state index in [0.717, 1.165) is 12.3 Å². The second-order valence-corrected chi connectivity index (χ2v) is 5.42. The average Bonchev–Trinajstić information content (AvgIpc) is 2.32. The van der Waals surface area contributed by atoms with E-state index in [1.54, 1.807) is 11.8 Å². The number of hydrogen-bond acceptors (Lipinski definition) is 4. The zero-order chi connectivity index (χ0) is 15.8. The van der Waals surface area contributed by atoms with Crippen LogP contribution in [0.1, 0.15) is 12.5 Å². The van der Waals surface area contributed by atoms with Crippen LogP contribution in [0.5, 0.6) is 0 Å². The molecule has 0 unspecified atom stereocenters. The highest BCUT2D eigenvalue weighted by molar-refractivity contribution is 6.33. The monoisotopic (exact) mass is 324 g/mol. The summed E-state index contributed by atoms with van der Waals surface area (Å²) in [6.45, 7) is 1.89. The Bertz CT molecular complexity index is 559. The maximum absolute atomic E-state index is 12.5. The Labute approximate surface area is 123 Å². The first-order valence-electron chi connectivity index (χ1n) is 5.94. The van der Waals surface area contributed by atoms with Gasteiger partial charge in [-0.2, -0.15) is 13.2 Å². The summed E-state index contributed by atoms with van der Waals surface area (Å²) < 4.78 is 42.7. The van der Waals surface area contributed by atoms with Crippen molar-refractivity contribution in [3.05, 3.63) is 22.8 Å². The number of ether oxygens (including phenoxy) is 1. The van der Waals surface area contributed by atoms with E-state index < -0.39 is 29.9 Å². The van der Waals surface area contributed by atoms with E-state index in [0.29, 0.717) is 13.1 Å². The Morgan fingerprint density at radius 1 is 1.57 bits per heavy atom. The number of rotatable bonds is 4. The van der Waals surface area contributed by atoms with E-state index in [1.165, 1.54) is 0 Å². The number of hydrogen-bond donors (Lipinski definition) is 1. The summed E-state index contributed by atoms with van der Waals surface area (Å²) in [5.41, 5.74) is -1.59. The summed E-state index contributed by atoms with van der Waals surface area (Å²) in [7, 11) is 0. The minimum atomic E-state index is -4.50. The first kappa shape index (κ1) is 15.8. The van der Waals surface area contributed by atoms with E-state index in [4.69, 9.17) is 21.4 Å². The van der Waals surface area contributed by atoms with E-state index in [1.807, 2.05) is 0 Å². The third-order valence-electron chi connectivity index (χ3n) is 3.04. The number of alkyl halides is 3. The molecule has 1 aromatic heterocycles. The van der Waals surface area contributed by atoms with Gasteiger partial charge in [-0.25, -0.2) is 9.78 Å². The highest BCUT2D eigenvalue weighted by Crippen LogP contribution is 2.37.